The van der Waals surface area contributed by atoms with Gasteiger partial charge in [-0.05, 0) is 51.8 Å². The second-order valence-electron chi connectivity index (χ2n) is 5.55. The highest BCUT2D eigenvalue weighted by molar-refractivity contribution is 9.10. The molecule has 0 aliphatic carbocycles. The molecule has 1 aromatic heterocycles. The van der Waals surface area contributed by atoms with Crippen molar-refractivity contribution in [2.24, 2.45) is 0 Å². The van der Waals surface area contributed by atoms with Crippen molar-refractivity contribution in [2.45, 2.75) is 12.5 Å². The highest BCUT2D eigenvalue weighted by atomic mass is 79.9. The van der Waals surface area contributed by atoms with E-state index in [1.165, 1.54) is 12.1 Å². The van der Waals surface area contributed by atoms with E-state index in [9.17, 15) is 19.1 Å². The summed E-state index contributed by atoms with van der Waals surface area (Å²) in [4.78, 5) is 26.8. The summed E-state index contributed by atoms with van der Waals surface area (Å²) in [5, 5.41) is 12.7. The summed E-state index contributed by atoms with van der Waals surface area (Å²) in [7, 11) is 0. The number of halogens is 2. The van der Waals surface area contributed by atoms with Crippen molar-refractivity contribution in [2.75, 3.05) is 0 Å². The normalized spacial score (nSPS) is 12.1. The number of hydrogen-bond acceptors (Lipinski definition) is 2. The van der Waals surface area contributed by atoms with Gasteiger partial charge in [0.2, 0.25) is 0 Å². The molecule has 7 heteroatoms. The van der Waals surface area contributed by atoms with Gasteiger partial charge in [-0.15, -0.1) is 0 Å². The maximum atomic E-state index is 13.3. The van der Waals surface area contributed by atoms with Crippen LogP contribution in [0.25, 0.3) is 10.9 Å². The number of carboxylic acids is 1. The Kier molecular flexibility index (Phi) is 4.85. The van der Waals surface area contributed by atoms with E-state index >= 15 is 0 Å². The minimum absolute atomic E-state index is 0.0805. The van der Waals surface area contributed by atoms with Gasteiger partial charge in [0, 0.05) is 28.0 Å². The van der Waals surface area contributed by atoms with E-state index in [-0.39, 0.29) is 12.2 Å². The van der Waals surface area contributed by atoms with E-state index in [2.05, 4.69) is 26.2 Å². The number of hydrogen-bond donors (Lipinski definition) is 3. The molecule has 0 saturated heterocycles. The van der Waals surface area contributed by atoms with E-state index in [4.69, 9.17) is 0 Å². The lowest BCUT2D eigenvalue weighted by atomic mass is 10.0. The van der Waals surface area contributed by atoms with E-state index in [0.29, 0.717) is 21.1 Å². The molecule has 0 fully saturated rings. The molecule has 0 unspecified atom stereocenters. The fraction of sp³-hybridized carbons (Fsp3) is 0.111. The van der Waals surface area contributed by atoms with Crippen LogP contribution in [0.4, 0.5) is 4.39 Å². The van der Waals surface area contributed by atoms with Crippen LogP contribution in [0.15, 0.2) is 53.1 Å². The standard InChI is InChI=1S/C18H14BrFN2O3/c19-14-4-2-1-3-13(14)17(23)22-16(18(24)25)7-10-9-21-15-8-11(20)5-6-12(10)15/h1-6,8-9,16,21H,7H2,(H,22,23)(H,24,25)/t16-/m0/s1. The molecule has 1 amide bonds. The van der Waals surface area contributed by atoms with Crippen molar-refractivity contribution < 1.29 is 19.1 Å². The van der Waals surface area contributed by atoms with Gasteiger partial charge >= 0.3 is 5.97 Å². The Morgan fingerprint density at radius 1 is 1.24 bits per heavy atom. The second-order valence-corrected chi connectivity index (χ2v) is 6.41. The highest BCUT2D eigenvalue weighted by Crippen LogP contribution is 2.21. The van der Waals surface area contributed by atoms with Gasteiger partial charge in [0.15, 0.2) is 0 Å². The Bertz CT molecular complexity index is 954. The molecule has 128 valence electrons. The summed E-state index contributed by atoms with van der Waals surface area (Å²) in [5.41, 5.74) is 1.63. The van der Waals surface area contributed by atoms with Crippen LogP contribution in [0.3, 0.4) is 0 Å². The molecule has 2 aromatic carbocycles. The average molecular weight is 405 g/mol. The van der Waals surface area contributed by atoms with Gasteiger partial charge in [-0.1, -0.05) is 12.1 Å². The van der Waals surface area contributed by atoms with Gasteiger partial charge in [0.25, 0.3) is 5.91 Å². The van der Waals surface area contributed by atoms with Crippen molar-refractivity contribution in [1.29, 1.82) is 0 Å². The van der Waals surface area contributed by atoms with Crippen molar-refractivity contribution in [3.05, 3.63) is 70.1 Å². The SMILES string of the molecule is O=C(N[C@@H](Cc1c[nH]c2cc(F)ccc12)C(=O)O)c1ccccc1Br. The van der Waals surface area contributed by atoms with Crippen LogP contribution >= 0.6 is 15.9 Å². The fourth-order valence-corrected chi connectivity index (χ4v) is 3.09. The van der Waals surface area contributed by atoms with Crippen molar-refractivity contribution in [3.63, 3.8) is 0 Å². The number of fused-ring (bicyclic) bond motifs is 1. The zero-order chi connectivity index (χ0) is 18.0. The molecule has 5 nitrogen and oxygen atoms in total. The Morgan fingerprint density at radius 2 is 2.00 bits per heavy atom. The molecule has 3 rings (SSSR count). The predicted octanol–water partition coefficient (Wildman–Crippen LogP) is 3.50. The first kappa shape index (κ1) is 17.2. The lowest BCUT2D eigenvalue weighted by molar-refractivity contribution is -0.139. The molecule has 3 N–H and O–H groups in total. The number of carbonyl (C=O) groups excluding carboxylic acids is 1. The molecular formula is C18H14BrFN2O3. The molecule has 1 atom stereocenters. The number of rotatable bonds is 5. The summed E-state index contributed by atoms with van der Waals surface area (Å²) in [6.07, 6.45) is 1.71. The van der Waals surface area contributed by atoms with E-state index < -0.39 is 17.9 Å². The number of aromatic amines is 1. The maximum Gasteiger partial charge on any atom is 0.326 e. The number of nitrogens with one attached hydrogen (secondary N) is 2. The molecule has 0 bridgehead atoms. The Morgan fingerprint density at radius 3 is 2.72 bits per heavy atom. The number of benzene rings is 2. The Hall–Kier alpha value is -2.67. The van der Waals surface area contributed by atoms with Gasteiger partial charge in [0.05, 0.1) is 5.56 Å². The van der Waals surface area contributed by atoms with E-state index in [1.807, 2.05) is 0 Å². The van der Waals surface area contributed by atoms with Crippen molar-refractivity contribution in [1.82, 2.24) is 10.3 Å². The largest absolute Gasteiger partial charge is 0.480 e. The van der Waals surface area contributed by atoms with Crippen molar-refractivity contribution in [3.8, 4) is 0 Å². The topological polar surface area (TPSA) is 82.2 Å². The lowest BCUT2D eigenvalue weighted by Crippen LogP contribution is -2.42. The van der Waals surface area contributed by atoms with Crippen LogP contribution < -0.4 is 5.32 Å². The van der Waals surface area contributed by atoms with Crippen LogP contribution in [0.5, 0.6) is 0 Å². The zero-order valence-electron chi connectivity index (χ0n) is 12.9. The third-order valence-corrected chi connectivity index (χ3v) is 4.57. The quantitative estimate of drug-likeness (QED) is 0.608. The molecule has 0 saturated carbocycles. The number of H-pyrrole nitrogens is 1. The summed E-state index contributed by atoms with van der Waals surface area (Å²) < 4.78 is 13.8. The smallest absolute Gasteiger partial charge is 0.326 e. The fourth-order valence-electron chi connectivity index (χ4n) is 2.63. The number of aromatic nitrogens is 1. The Labute approximate surface area is 151 Å². The minimum Gasteiger partial charge on any atom is -0.480 e. The minimum atomic E-state index is -1.14. The van der Waals surface area contributed by atoms with Crippen LogP contribution in [0.1, 0.15) is 15.9 Å². The molecule has 0 aliphatic rings. The number of amides is 1. The number of carbonyl (C=O) groups is 2. The third-order valence-electron chi connectivity index (χ3n) is 3.88. The van der Waals surface area contributed by atoms with Gasteiger partial charge in [-0.2, -0.15) is 0 Å². The summed E-state index contributed by atoms with van der Waals surface area (Å²) in [6.45, 7) is 0. The zero-order valence-corrected chi connectivity index (χ0v) is 14.5. The molecule has 3 aromatic rings. The van der Waals surface area contributed by atoms with Gasteiger partial charge < -0.3 is 15.4 Å². The Balaban J connectivity index is 1.83. The van der Waals surface area contributed by atoms with Crippen LogP contribution in [0, 0.1) is 5.82 Å². The number of carboxylic acid groups (broad SMARTS) is 1. The first-order valence-electron chi connectivity index (χ1n) is 7.49. The molecule has 0 spiro atoms. The van der Waals surface area contributed by atoms with Crippen LogP contribution in [-0.4, -0.2) is 28.0 Å². The summed E-state index contributed by atoms with van der Waals surface area (Å²) in [6, 6.07) is 9.91. The molecular weight excluding hydrogens is 391 g/mol. The molecule has 0 aliphatic heterocycles. The molecule has 0 radical (unpaired) electrons. The molecule has 1 heterocycles. The number of aliphatic carboxylic acids is 1. The highest BCUT2D eigenvalue weighted by Gasteiger charge is 2.23. The van der Waals surface area contributed by atoms with Gasteiger partial charge in [0.1, 0.15) is 11.9 Å². The summed E-state index contributed by atoms with van der Waals surface area (Å²) >= 11 is 3.28. The van der Waals surface area contributed by atoms with Crippen LogP contribution in [0.2, 0.25) is 0 Å². The van der Waals surface area contributed by atoms with E-state index in [1.54, 1.807) is 36.5 Å². The summed E-state index contributed by atoms with van der Waals surface area (Å²) in [5.74, 6) is -2.00. The molecule has 25 heavy (non-hydrogen) atoms. The maximum absolute atomic E-state index is 13.3. The van der Waals surface area contributed by atoms with E-state index in [0.717, 1.165) is 5.39 Å². The van der Waals surface area contributed by atoms with Gasteiger partial charge in [-0.3, -0.25) is 4.79 Å². The second kappa shape index (κ2) is 7.06. The third kappa shape index (κ3) is 3.71. The van der Waals surface area contributed by atoms with Gasteiger partial charge in [-0.25, -0.2) is 9.18 Å². The van der Waals surface area contributed by atoms with Crippen LogP contribution in [-0.2, 0) is 11.2 Å². The average Bonchev–Trinajstić information content (AvgIpc) is 2.96. The first-order chi connectivity index (χ1) is 12.0. The monoisotopic (exact) mass is 404 g/mol. The lowest BCUT2D eigenvalue weighted by Gasteiger charge is -2.15. The predicted molar refractivity (Wildman–Crippen MR) is 95.0 cm³/mol. The first-order valence-corrected chi connectivity index (χ1v) is 8.28. The van der Waals surface area contributed by atoms with Crippen molar-refractivity contribution >= 4 is 38.7 Å².